The molecule has 0 aliphatic rings. The van der Waals surface area contributed by atoms with Crippen molar-refractivity contribution in [3.63, 3.8) is 0 Å². The average Bonchev–Trinajstić information content (AvgIpc) is 1.76. The van der Waals surface area contributed by atoms with Crippen molar-refractivity contribution in [2.75, 3.05) is 17.3 Å². The molecule has 0 amide bonds. The molecule has 0 rings (SSSR count). The van der Waals surface area contributed by atoms with Crippen LogP contribution in [0.3, 0.4) is 0 Å². The smallest absolute Gasteiger partial charge is 0.265 e. The molecule has 0 fully saturated rings. The summed E-state index contributed by atoms with van der Waals surface area (Å²) >= 11 is 1.30. The summed E-state index contributed by atoms with van der Waals surface area (Å²) in [7, 11) is -3.84. The molecule has 0 radical (unpaired) electrons. The van der Waals surface area contributed by atoms with E-state index in [-0.39, 0.29) is 5.75 Å². The first-order valence-electron chi connectivity index (χ1n) is 3.46. The predicted octanol–water partition coefficient (Wildman–Crippen LogP) is 0.378. The van der Waals surface area contributed by atoms with Gasteiger partial charge in [0.25, 0.3) is 10.1 Å². The van der Waals surface area contributed by atoms with Crippen LogP contribution in [0.4, 0.5) is 0 Å². The van der Waals surface area contributed by atoms with Crippen LogP contribution in [0, 0.1) is 0 Å². The van der Waals surface area contributed by atoms with Crippen molar-refractivity contribution in [1.29, 1.82) is 0 Å². The molecule has 0 saturated heterocycles. The molecule has 0 aromatic heterocycles. The molecule has 0 aliphatic carbocycles. The maximum absolute atomic E-state index is 10.2. The second-order valence-corrected chi connectivity index (χ2v) is 5.83. The third-order valence-corrected chi connectivity index (χ3v) is 3.32. The van der Waals surface area contributed by atoms with E-state index in [1.807, 2.05) is 0 Å². The van der Waals surface area contributed by atoms with E-state index in [0.717, 1.165) is 0 Å². The maximum Gasteiger partial charge on any atom is 0.265 e. The van der Waals surface area contributed by atoms with Crippen molar-refractivity contribution in [3.05, 3.63) is 0 Å². The van der Waals surface area contributed by atoms with Gasteiger partial charge < -0.3 is 5.11 Å². The summed E-state index contributed by atoms with van der Waals surface area (Å²) < 4.78 is 28.8. The van der Waals surface area contributed by atoms with Crippen LogP contribution in [-0.4, -0.2) is 40.9 Å². The molecule has 0 aromatic carbocycles. The normalized spacial score (nSPS) is 13.3. The van der Waals surface area contributed by atoms with Crippen LogP contribution in [-0.2, 0) is 10.1 Å². The Morgan fingerprint density at radius 1 is 1.42 bits per heavy atom. The Morgan fingerprint density at radius 2 is 1.92 bits per heavy atom. The lowest BCUT2D eigenvalue weighted by Gasteiger charge is -2.15. The molecule has 0 unspecified atom stereocenters. The molecule has 6 heteroatoms. The monoisotopic (exact) mass is 214 g/mol. The number of thioether (sulfide) groups is 1. The second kappa shape index (κ2) is 4.45. The Morgan fingerprint density at radius 3 is 2.25 bits per heavy atom. The van der Waals surface area contributed by atoms with Gasteiger partial charge >= 0.3 is 0 Å². The molecule has 0 bridgehead atoms. The van der Waals surface area contributed by atoms with Gasteiger partial charge in [-0.2, -0.15) is 20.2 Å². The van der Waals surface area contributed by atoms with Crippen molar-refractivity contribution >= 4 is 21.9 Å². The summed E-state index contributed by atoms with van der Waals surface area (Å²) in [6, 6.07) is 0. The molecule has 12 heavy (non-hydrogen) atoms. The third kappa shape index (κ3) is 10.2. The number of hydrogen-bond acceptors (Lipinski definition) is 4. The van der Waals surface area contributed by atoms with E-state index in [1.54, 1.807) is 13.8 Å². The van der Waals surface area contributed by atoms with E-state index >= 15 is 0 Å². The Kier molecular flexibility index (Phi) is 4.54. The molecule has 2 N–H and O–H groups in total. The van der Waals surface area contributed by atoms with Gasteiger partial charge in [-0.15, -0.1) is 0 Å². The Labute approximate surface area is 77.1 Å². The summed E-state index contributed by atoms with van der Waals surface area (Å²) in [5.41, 5.74) is -0.788. The molecule has 4 nitrogen and oxygen atoms in total. The van der Waals surface area contributed by atoms with Gasteiger partial charge in [-0.05, 0) is 13.8 Å². The van der Waals surface area contributed by atoms with Crippen molar-refractivity contribution in [2.24, 2.45) is 0 Å². The van der Waals surface area contributed by atoms with Gasteiger partial charge in [-0.1, -0.05) is 0 Å². The topological polar surface area (TPSA) is 74.6 Å². The lowest BCUT2D eigenvalue weighted by molar-refractivity contribution is 0.107. The van der Waals surface area contributed by atoms with E-state index in [1.165, 1.54) is 11.8 Å². The molecular formula is C6H14O4S2. The Hall–Kier alpha value is 0.220. The van der Waals surface area contributed by atoms with Gasteiger partial charge in [0.15, 0.2) is 0 Å². The molecule has 0 aromatic rings. The van der Waals surface area contributed by atoms with Crippen LogP contribution in [0.2, 0.25) is 0 Å². The SMILES string of the molecule is CC(C)(O)CSCCS(=O)(=O)O. The fourth-order valence-electron chi connectivity index (χ4n) is 0.486. The summed E-state index contributed by atoms with van der Waals surface area (Å²) in [5, 5.41) is 9.21. The van der Waals surface area contributed by atoms with E-state index in [0.29, 0.717) is 11.5 Å². The van der Waals surface area contributed by atoms with Crippen molar-refractivity contribution < 1.29 is 18.1 Å². The van der Waals surface area contributed by atoms with Crippen LogP contribution in [0.1, 0.15) is 13.8 Å². The first kappa shape index (κ1) is 12.2. The van der Waals surface area contributed by atoms with Gasteiger partial charge in [0.1, 0.15) is 0 Å². The number of rotatable bonds is 5. The highest BCUT2D eigenvalue weighted by atomic mass is 32.2. The van der Waals surface area contributed by atoms with Gasteiger partial charge in [0, 0.05) is 11.5 Å². The van der Waals surface area contributed by atoms with Crippen LogP contribution in [0.5, 0.6) is 0 Å². The summed E-state index contributed by atoms with van der Waals surface area (Å²) in [5.74, 6) is 0.513. The van der Waals surface area contributed by atoms with E-state index in [9.17, 15) is 13.5 Å². The summed E-state index contributed by atoms with van der Waals surface area (Å²) in [6.07, 6.45) is 0. The van der Waals surface area contributed by atoms with Gasteiger partial charge in [-0.25, -0.2) is 0 Å². The van der Waals surface area contributed by atoms with Gasteiger partial charge in [0.2, 0.25) is 0 Å². The minimum Gasteiger partial charge on any atom is -0.390 e. The van der Waals surface area contributed by atoms with Crippen LogP contribution in [0.15, 0.2) is 0 Å². The van der Waals surface area contributed by atoms with E-state index in [2.05, 4.69) is 0 Å². The highest BCUT2D eigenvalue weighted by Crippen LogP contribution is 2.11. The van der Waals surface area contributed by atoms with Crippen molar-refractivity contribution in [3.8, 4) is 0 Å². The Balaban J connectivity index is 3.48. The maximum atomic E-state index is 10.2. The van der Waals surface area contributed by atoms with Crippen molar-refractivity contribution in [1.82, 2.24) is 0 Å². The molecule has 0 atom stereocenters. The quantitative estimate of drug-likeness (QED) is 0.511. The number of hydrogen-bond donors (Lipinski definition) is 2. The zero-order chi connectivity index (χ0) is 9.83. The molecule has 74 valence electrons. The van der Waals surface area contributed by atoms with Crippen LogP contribution >= 0.6 is 11.8 Å². The highest BCUT2D eigenvalue weighted by Gasteiger charge is 2.12. The third-order valence-electron chi connectivity index (χ3n) is 0.941. The summed E-state index contributed by atoms with van der Waals surface area (Å²) in [4.78, 5) is 0. The lowest BCUT2D eigenvalue weighted by atomic mass is 10.2. The molecule has 0 heterocycles. The Bertz CT molecular complexity index is 214. The van der Waals surface area contributed by atoms with E-state index < -0.39 is 15.7 Å². The minimum atomic E-state index is -3.84. The minimum absolute atomic E-state index is 0.256. The molecule has 0 saturated carbocycles. The molecule has 0 spiro atoms. The van der Waals surface area contributed by atoms with Gasteiger partial charge in [0.05, 0.1) is 11.4 Å². The first-order valence-corrected chi connectivity index (χ1v) is 6.22. The lowest BCUT2D eigenvalue weighted by Crippen LogP contribution is -2.22. The zero-order valence-electron chi connectivity index (χ0n) is 7.15. The summed E-state index contributed by atoms with van der Waals surface area (Å²) in [6.45, 7) is 3.29. The molecular weight excluding hydrogens is 200 g/mol. The standard InChI is InChI=1S/C6H14O4S2/c1-6(2,7)5-11-3-4-12(8,9)10/h7H,3-5H2,1-2H3,(H,8,9,10). The molecule has 0 aliphatic heterocycles. The van der Waals surface area contributed by atoms with E-state index in [4.69, 9.17) is 4.55 Å². The first-order chi connectivity index (χ1) is 5.21. The fraction of sp³-hybridized carbons (Fsp3) is 1.00. The predicted molar refractivity (Wildman–Crippen MR) is 50.0 cm³/mol. The van der Waals surface area contributed by atoms with Gasteiger partial charge in [-0.3, -0.25) is 4.55 Å². The fourth-order valence-corrected chi connectivity index (χ4v) is 2.44. The second-order valence-electron chi connectivity index (χ2n) is 3.15. The van der Waals surface area contributed by atoms with Crippen molar-refractivity contribution in [2.45, 2.75) is 19.4 Å². The van der Waals surface area contributed by atoms with Crippen LogP contribution < -0.4 is 0 Å². The average molecular weight is 214 g/mol. The van der Waals surface area contributed by atoms with Crippen LogP contribution in [0.25, 0.3) is 0 Å². The highest BCUT2D eigenvalue weighted by molar-refractivity contribution is 8.00. The zero-order valence-corrected chi connectivity index (χ0v) is 8.78. The largest absolute Gasteiger partial charge is 0.390 e. The number of aliphatic hydroxyl groups is 1.